The highest BCUT2D eigenvalue weighted by molar-refractivity contribution is 7.16. The molecular formula is C27H28N2O5S. The van der Waals surface area contributed by atoms with Gasteiger partial charge in [0.2, 0.25) is 0 Å². The second-order valence-electron chi connectivity index (χ2n) is 8.40. The lowest BCUT2D eigenvalue weighted by atomic mass is 9.88. The van der Waals surface area contributed by atoms with E-state index >= 15 is 0 Å². The van der Waals surface area contributed by atoms with Gasteiger partial charge in [0, 0.05) is 22.3 Å². The van der Waals surface area contributed by atoms with Crippen molar-refractivity contribution in [3.8, 4) is 11.5 Å². The van der Waals surface area contributed by atoms with Crippen molar-refractivity contribution >= 4 is 40.1 Å². The van der Waals surface area contributed by atoms with Gasteiger partial charge in [-0.05, 0) is 67.1 Å². The van der Waals surface area contributed by atoms with Crippen LogP contribution in [0.15, 0.2) is 47.5 Å². The minimum absolute atomic E-state index is 0.215. The summed E-state index contributed by atoms with van der Waals surface area (Å²) < 4.78 is 15.6. The summed E-state index contributed by atoms with van der Waals surface area (Å²) in [6.45, 7) is 2.23. The van der Waals surface area contributed by atoms with Crippen molar-refractivity contribution in [1.82, 2.24) is 0 Å². The summed E-state index contributed by atoms with van der Waals surface area (Å²) in [4.78, 5) is 31.1. The number of hydrogen-bond acceptors (Lipinski definition) is 7. The van der Waals surface area contributed by atoms with Crippen LogP contribution in [-0.4, -0.2) is 39.4 Å². The first-order valence-electron chi connectivity index (χ1n) is 11.3. The third-order valence-corrected chi connectivity index (χ3v) is 7.20. The molecule has 8 heteroatoms. The lowest BCUT2D eigenvalue weighted by Crippen LogP contribution is -2.16. The van der Waals surface area contributed by atoms with Gasteiger partial charge in [-0.2, -0.15) is 0 Å². The lowest BCUT2D eigenvalue weighted by molar-refractivity contribution is 0.0600. The zero-order valence-corrected chi connectivity index (χ0v) is 21.0. The summed E-state index contributed by atoms with van der Waals surface area (Å²) in [5.41, 5.74) is 3.45. The highest BCUT2D eigenvalue weighted by atomic mass is 32.1. The number of aliphatic imine (C=N–C) groups is 1. The number of amides is 1. The highest BCUT2D eigenvalue weighted by Gasteiger charge is 2.27. The summed E-state index contributed by atoms with van der Waals surface area (Å²) in [5.74, 6) is 1.13. The molecule has 1 N–H and O–H groups in total. The first-order chi connectivity index (χ1) is 16.9. The molecule has 0 spiro atoms. The van der Waals surface area contributed by atoms with Crippen molar-refractivity contribution in [3.05, 3.63) is 69.6 Å². The minimum atomic E-state index is -0.423. The van der Waals surface area contributed by atoms with Crippen molar-refractivity contribution in [2.75, 3.05) is 26.6 Å². The van der Waals surface area contributed by atoms with Gasteiger partial charge in [-0.25, -0.2) is 9.79 Å². The number of anilines is 1. The zero-order chi connectivity index (χ0) is 24.9. The largest absolute Gasteiger partial charge is 0.493 e. The molecule has 0 saturated heterocycles. The van der Waals surface area contributed by atoms with Crippen LogP contribution in [0.1, 0.15) is 50.1 Å². The van der Waals surface area contributed by atoms with Crippen LogP contribution in [0.5, 0.6) is 11.5 Å². The third kappa shape index (κ3) is 5.22. The Hall–Kier alpha value is -3.65. The number of ether oxygens (including phenoxy) is 3. The van der Waals surface area contributed by atoms with Gasteiger partial charge in [-0.15, -0.1) is 11.3 Å². The average Bonchev–Trinajstić information content (AvgIpc) is 3.24. The predicted octanol–water partition coefficient (Wildman–Crippen LogP) is 5.68. The molecule has 0 radical (unpaired) electrons. The number of fused-ring (bicyclic) bond motifs is 1. The van der Waals surface area contributed by atoms with E-state index in [0.717, 1.165) is 30.4 Å². The van der Waals surface area contributed by atoms with E-state index in [1.807, 2.05) is 18.2 Å². The molecule has 1 aliphatic carbocycles. The zero-order valence-electron chi connectivity index (χ0n) is 20.2. The first kappa shape index (κ1) is 24.5. The topological polar surface area (TPSA) is 86.2 Å². The quantitative estimate of drug-likeness (QED) is 0.339. The summed E-state index contributed by atoms with van der Waals surface area (Å²) >= 11 is 1.56. The SMILES string of the molecule is COC(=O)c1ccc(NC(=O)c2c(/N=C/c3cccc(OC)c3OC)sc3c2CCC(C)C3)cc1. The van der Waals surface area contributed by atoms with Crippen molar-refractivity contribution in [3.63, 3.8) is 0 Å². The number of esters is 1. The van der Waals surface area contributed by atoms with Crippen molar-refractivity contribution in [2.24, 2.45) is 10.9 Å². The van der Waals surface area contributed by atoms with E-state index < -0.39 is 5.97 Å². The van der Waals surface area contributed by atoms with E-state index in [9.17, 15) is 9.59 Å². The molecule has 1 atom stereocenters. The third-order valence-electron chi connectivity index (χ3n) is 6.04. The molecule has 0 saturated carbocycles. The van der Waals surface area contributed by atoms with Gasteiger partial charge in [0.05, 0.1) is 32.5 Å². The molecule has 0 aliphatic heterocycles. The Labute approximate surface area is 208 Å². The summed E-state index contributed by atoms with van der Waals surface area (Å²) in [6.07, 6.45) is 4.52. The maximum Gasteiger partial charge on any atom is 0.337 e. The van der Waals surface area contributed by atoms with E-state index in [1.165, 1.54) is 12.0 Å². The van der Waals surface area contributed by atoms with Crippen LogP contribution >= 0.6 is 11.3 Å². The van der Waals surface area contributed by atoms with Crippen LogP contribution in [0.25, 0.3) is 0 Å². The van der Waals surface area contributed by atoms with E-state index in [1.54, 1.807) is 56.0 Å². The molecule has 1 heterocycles. The van der Waals surface area contributed by atoms with Crippen LogP contribution in [0.4, 0.5) is 10.7 Å². The van der Waals surface area contributed by atoms with Crippen LogP contribution in [0.3, 0.4) is 0 Å². The van der Waals surface area contributed by atoms with E-state index in [0.29, 0.717) is 39.2 Å². The lowest BCUT2D eigenvalue weighted by Gasteiger charge is -2.18. The number of methoxy groups -OCH3 is 3. The second kappa shape index (κ2) is 10.7. The monoisotopic (exact) mass is 492 g/mol. The van der Waals surface area contributed by atoms with Crippen LogP contribution in [-0.2, 0) is 17.6 Å². The normalized spacial score (nSPS) is 14.9. The number of nitrogens with one attached hydrogen (secondary N) is 1. The van der Waals surface area contributed by atoms with Gasteiger partial charge in [-0.1, -0.05) is 13.0 Å². The molecule has 0 fully saturated rings. The van der Waals surface area contributed by atoms with Gasteiger partial charge in [0.25, 0.3) is 5.91 Å². The highest BCUT2D eigenvalue weighted by Crippen LogP contribution is 2.42. The number of rotatable bonds is 7. The molecule has 1 aromatic heterocycles. The van der Waals surface area contributed by atoms with E-state index in [2.05, 4.69) is 12.2 Å². The Morgan fingerprint density at radius 2 is 1.86 bits per heavy atom. The van der Waals surface area contributed by atoms with Crippen molar-refractivity contribution < 1.29 is 23.8 Å². The summed E-state index contributed by atoms with van der Waals surface area (Å²) in [5, 5.41) is 3.63. The summed E-state index contributed by atoms with van der Waals surface area (Å²) in [6, 6.07) is 12.2. The number of carbonyl (C=O) groups excluding carboxylic acids is 2. The molecule has 182 valence electrons. The van der Waals surface area contributed by atoms with Crippen LogP contribution < -0.4 is 14.8 Å². The van der Waals surface area contributed by atoms with Crippen LogP contribution in [0, 0.1) is 5.92 Å². The molecule has 1 unspecified atom stereocenters. The molecule has 1 aliphatic rings. The Morgan fingerprint density at radius 3 is 2.54 bits per heavy atom. The molecular weight excluding hydrogens is 464 g/mol. The van der Waals surface area contributed by atoms with Gasteiger partial charge >= 0.3 is 5.97 Å². The number of carbonyl (C=O) groups is 2. The van der Waals surface area contributed by atoms with Gasteiger partial charge < -0.3 is 19.5 Å². The number of nitrogens with zero attached hydrogens (tertiary/aromatic N) is 1. The second-order valence-corrected chi connectivity index (χ2v) is 9.48. The van der Waals surface area contributed by atoms with E-state index in [4.69, 9.17) is 19.2 Å². The van der Waals surface area contributed by atoms with Crippen molar-refractivity contribution in [2.45, 2.75) is 26.2 Å². The number of hydrogen-bond donors (Lipinski definition) is 1. The summed E-state index contributed by atoms with van der Waals surface area (Å²) in [7, 11) is 4.51. The Bertz CT molecular complexity index is 1260. The van der Waals surface area contributed by atoms with E-state index in [-0.39, 0.29) is 5.91 Å². The van der Waals surface area contributed by atoms with Crippen LogP contribution in [0.2, 0.25) is 0 Å². The Balaban J connectivity index is 1.67. The maximum atomic E-state index is 13.4. The van der Waals surface area contributed by atoms with Gasteiger partial charge in [-0.3, -0.25) is 4.79 Å². The fraction of sp³-hybridized carbons (Fsp3) is 0.296. The smallest absolute Gasteiger partial charge is 0.337 e. The number of para-hydroxylation sites is 1. The molecule has 35 heavy (non-hydrogen) atoms. The van der Waals surface area contributed by atoms with Crippen molar-refractivity contribution in [1.29, 1.82) is 0 Å². The Kier molecular flexibility index (Phi) is 7.51. The first-order valence-corrected chi connectivity index (χ1v) is 12.2. The molecule has 7 nitrogen and oxygen atoms in total. The fourth-order valence-corrected chi connectivity index (χ4v) is 5.56. The number of thiophene rings is 1. The Morgan fingerprint density at radius 1 is 1.09 bits per heavy atom. The van der Waals surface area contributed by atoms with Gasteiger partial charge in [0.1, 0.15) is 5.00 Å². The molecule has 0 bridgehead atoms. The molecule has 3 aromatic rings. The molecule has 2 aromatic carbocycles. The van der Waals surface area contributed by atoms with Gasteiger partial charge in [0.15, 0.2) is 11.5 Å². The standard InChI is InChI=1S/C27H28N2O5S/c1-16-8-13-20-22(14-16)35-26(28-15-18-6-5-7-21(32-2)24(18)33-3)23(20)25(30)29-19-11-9-17(10-12-19)27(31)34-4/h5-7,9-12,15-16H,8,13-14H2,1-4H3,(H,29,30)/b28-15+. The minimum Gasteiger partial charge on any atom is -0.493 e. The number of benzene rings is 2. The average molecular weight is 493 g/mol. The fourth-order valence-electron chi connectivity index (χ4n) is 4.20. The molecule has 1 amide bonds. The predicted molar refractivity (Wildman–Crippen MR) is 138 cm³/mol. The molecule has 4 rings (SSSR count). The maximum absolute atomic E-state index is 13.4.